The fourth-order valence-corrected chi connectivity index (χ4v) is 4.49. The topological polar surface area (TPSA) is 102 Å². The molecular formula is C22H26N4O4. The van der Waals surface area contributed by atoms with Crippen molar-refractivity contribution in [1.29, 1.82) is 0 Å². The number of benzene rings is 1. The summed E-state index contributed by atoms with van der Waals surface area (Å²) in [5.74, 6) is 1.50. The fraction of sp³-hybridized carbons (Fsp3) is 0.455. The Morgan fingerprint density at radius 2 is 2.07 bits per heavy atom. The number of aromatic nitrogens is 3. The predicted molar refractivity (Wildman–Crippen MR) is 111 cm³/mol. The van der Waals surface area contributed by atoms with Crippen LogP contribution in [0.1, 0.15) is 29.3 Å². The number of fused-ring (bicyclic) bond motifs is 2. The van der Waals surface area contributed by atoms with Crippen molar-refractivity contribution in [2.24, 2.45) is 0 Å². The lowest BCUT2D eigenvalue weighted by molar-refractivity contribution is -0.0166. The van der Waals surface area contributed by atoms with Crippen LogP contribution in [0, 0.1) is 13.8 Å². The van der Waals surface area contributed by atoms with Gasteiger partial charge in [0.15, 0.2) is 0 Å². The molecule has 0 spiro atoms. The minimum absolute atomic E-state index is 0.338. The molecule has 1 aliphatic heterocycles. The molecular weight excluding hydrogens is 384 g/mol. The second-order valence-electron chi connectivity index (χ2n) is 8.12. The first-order valence-electron chi connectivity index (χ1n) is 10.3. The second-order valence-corrected chi connectivity index (χ2v) is 8.12. The van der Waals surface area contributed by atoms with Crippen molar-refractivity contribution in [2.75, 3.05) is 13.2 Å². The molecule has 1 aliphatic carbocycles. The standard InChI is InChI=1S/C22H26N4O4/c1-12-7-17-15(10-23-4-6-29-17)18(8-12)30-19-9-16(20(27)21(19)28)26-5-3-14-13(2)24-11-25-22(14)26/h3,5,7-8,11,16,19-21,23,27-28H,4,6,9-10H2,1-2H3. The highest BCUT2D eigenvalue weighted by Crippen LogP contribution is 2.38. The number of nitrogens with zero attached hydrogens (tertiary/aromatic N) is 3. The molecule has 3 aromatic rings. The number of hydrogen-bond acceptors (Lipinski definition) is 7. The van der Waals surface area contributed by atoms with Gasteiger partial charge in [0.05, 0.1) is 11.7 Å². The Kier molecular flexibility index (Phi) is 4.85. The summed E-state index contributed by atoms with van der Waals surface area (Å²) in [5.41, 5.74) is 3.60. The second kappa shape index (κ2) is 7.54. The average molecular weight is 410 g/mol. The normalized spacial score (nSPS) is 26.3. The molecule has 3 heterocycles. The van der Waals surface area contributed by atoms with Crippen molar-refractivity contribution in [3.8, 4) is 11.5 Å². The number of aliphatic hydroxyl groups excluding tert-OH is 2. The summed E-state index contributed by atoms with van der Waals surface area (Å²) >= 11 is 0. The van der Waals surface area contributed by atoms with E-state index in [4.69, 9.17) is 9.47 Å². The van der Waals surface area contributed by atoms with Crippen molar-refractivity contribution in [3.63, 3.8) is 0 Å². The monoisotopic (exact) mass is 410 g/mol. The van der Waals surface area contributed by atoms with Gasteiger partial charge < -0.3 is 29.6 Å². The molecule has 2 aliphatic rings. The van der Waals surface area contributed by atoms with Crippen LogP contribution in [-0.4, -0.2) is 56.2 Å². The summed E-state index contributed by atoms with van der Waals surface area (Å²) in [6.07, 6.45) is 1.37. The number of aliphatic hydroxyl groups is 2. The molecule has 3 N–H and O–H groups in total. The van der Waals surface area contributed by atoms with Crippen LogP contribution < -0.4 is 14.8 Å². The Hall–Kier alpha value is -2.68. The van der Waals surface area contributed by atoms with Crippen LogP contribution >= 0.6 is 0 Å². The molecule has 1 saturated carbocycles. The van der Waals surface area contributed by atoms with Gasteiger partial charge in [-0.05, 0) is 37.6 Å². The quantitative estimate of drug-likeness (QED) is 0.603. The van der Waals surface area contributed by atoms with Crippen LogP contribution in [0.4, 0.5) is 0 Å². The van der Waals surface area contributed by atoms with Gasteiger partial charge >= 0.3 is 0 Å². The van der Waals surface area contributed by atoms with E-state index in [1.165, 1.54) is 6.33 Å². The van der Waals surface area contributed by atoms with Crippen molar-refractivity contribution in [2.45, 2.75) is 51.2 Å². The molecule has 8 heteroatoms. The van der Waals surface area contributed by atoms with Crippen molar-refractivity contribution in [1.82, 2.24) is 19.9 Å². The van der Waals surface area contributed by atoms with Gasteiger partial charge in [-0.25, -0.2) is 9.97 Å². The largest absolute Gasteiger partial charge is 0.492 e. The van der Waals surface area contributed by atoms with Crippen molar-refractivity contribution in [3.05, 3.63) is 47.5 Å². The van der Waals surface area contributed by atoms with Gasteiger partial charge in [0.2, 0.25) is 0 Å². The van der Waals surface area contributed by atoms with Crippen LogP contribution in [0.2, 0.25) is 0 Å². The Labute approximate surface area is 174 Å². The van der Waals surface area contributed by atoms with E-state index in [1.54, 1.807) is 0 Å². The zero-order valence-corrected chi connectivity index (χ0v) is 17.1. The third-order valence-electron chi connectivity index (χ3n) is 6.09. The summed E-state index contributed by atoms with van der Waals surface area (Å²) in [7, 11) is 0. The zero-order valence-electron chi connectivity index (χ0n) is 17.1. The highest BCUT2D eigenvalue weighted by molar-refractivity contribution is 5.78. The summed E-state index contributed by atoms with van der Waals surface area (Å²) in [4.78, 5) is 8.62. The molecule has 0 amide bonds. The van der Waals surface area contributed by atoms with E-state index in [0.29, 0.717) is 25.3 Å². The summed E-state index contributed by atoms with van der Waals surface area (Å²) in [6, 6.07) is 5.57. The molecule has 30 heavy (non-hydrogen) atoms. The first-order valence-corrected chi connectivity index (χ1v) is 10.3. The molecule has 158 valence electrons. The lowest BCUT2D eigenvalue weighted by Gasteiger charge is -2.21. The van der Waals surface area contributed by atoms with Gasteiger partial charge in [0.1, 0.15) is 48.4 Å². The van der Waals surface area contributed by atoms with E-state index in [-0.39, 0.29) is 6.04 Å². The first-order chi connectivity index (χ1) is 14.5. The van der Waals surface area contributed by atoms with Crippen LogP contribution in [-0.2, 0) is 6.54 Å². The molecule has 8 nitrogen and oxygen atoms in total. The Bertz CT molecular complexity index is 1080. The Morgan fingerprint density at radius 1 is 1.20 bits per heavy atom. The summed E-state index contributed by atoms with van der Waals surface area (Å²) in [5, 5.41) is 25.9. The number of nitrogens with one attached hydrogen (secondary N) is 1. The number of aryl methyl sites for hydroxylation is 2. The van der Waals surface area contributed by atoms with E-state index in [0.717, 1.165) is 40.1 Å². The Balaban J connectivity index is 1.45. The van der Waals surface area contributed by atoms with Gasteiger partial charge in [-0.3, -0.25) is 0 Å². The SMILES string of the molecule is Cc1cc2c(c(OC3CC(n4ccc5c(C)ncnc54)C(O)C3O)c1)CNCCO2. The molecule has 4 unspecified atom stereocenters. The maximum Gasteiger partial charge on any atom is 0.143 e. The lowest BCUT2D eigenvalue weighted by atomic mass is 10.1. The molecule has 0 radical (unpaired) electrons. The van der Waals surface area contributed by atoms with Gasteiger partial charge in [-0.15, -0.1) is 0 Å². The molecule has 0 bridgehead atoms. The summed E-state index contributed by atoms with van der Waals surface area (Å²) in [6.45, 7) is 5.93. The van der Waals surface area contributed by atoms with Crippen LogP contribution in [0.25, 0.3) is 11.0 Å². The van der Waals surface area contributed by atoms with Gasteiger partial charge in [0.25, 0.3) is 0 Å². The number of hydrogen-bond donors (Lipinski definition) is 3. The maximum atomic E-state index is 10.8. The van der Waals surface area contributed by atoms with Crippen molar-refractivity contribution < 1.29 is 19.7 Å². The third-order valence-corrected chi connectivity index (χ3v) is 6.09. The van der Waals surface area contributed by atoms with Crippen LogP contribution in [0.5, 0.6) is 11.5 Å². The first kappa shape index (κ1) is 19.3. The molecule has 0 saturated heterocycles. The lowest BCUT2D eigenvalue weighted by Crippen LogP contribution is -2.34. The third kappa shape index (κ3) is 3.21. The van der Waals surface area contributed by atoms with E-state index in [1.807, 2.05) is 42.8 Å². The minimum atomic E-state index is -1.01. The van der Waals surface area contributed by atoms with E-state index < -0.39 is 18.3 Å². The van der Waals surface area contributed by atoms with Gasteiger partial charge in [0, 0.05) is 36.7 Å². The maximum absolute atomic E-state index is 10.8. The van der Waals surface area contributed by atoms with E-state index >= 15 is 0 Å². The van der Waals surface area contributed by atoms with Gasteiger partial charge in [-0.1, -0.05) is 0 Å². The fourth-order valence-electron chi connectivity index (χ4n) is 4.49. The van der Waals surface area contributed by atoms with Crippen molar-refractivity contribution >= 4 is 11.0 Å². The van der Waals surface area contributed by atoms with E-state index in [2.05, 4.69) is 15.3 Å². The summed E-state index contributed by atoms with van der Waals surface area (Å²) < 4.78 is 14.0. The molecule has 1 aromatic carbocycles. The smallest absolute Gasteiger partial charge is 0.143 e. The molecule has 1 fully saturated rings. The highest BCUT2D eigenvalue weighted by atomic mass is 16.5. The highest BCUT2D eigenvalue weighted by Gasteiger charge is 2.44. The van der Waals surface area contributed by atoms with E-state index in [9.17, 15) is 10.2 Å². The Morgan fingerprint density at radius 3 is 2.93 bits per heavy atom. The molecule has 4 atom stereocenters. The molecule has 2 aromatic heterocycles. The van der Waals surface area contributed by atoms with Crippen LogP contribution in [0.3, 0.4) is 0 Å². The van der Waals surface area contributed by atoms with Crippen LogP contribution in [0.15, 0.2) is 30.7 Å². The predicted octanol–water partition coefficient (Wildman–Crippen LogP) is 1.64. The molecule has 5 rings (SSSR count). The number of ether oxygens (including phenoxy) is 2. The number of rotatable bonds is 3. The van der Waals surface area contributed by atoms with Gasteiger partial charge in [-0.2, -0.15) is 0 Å². The zero-order chi connectivity index (χ0) is 20.8. The average Bonchev–Trinajstić information content (AvgIpc) is 3.16. The minimum Gasteiger partial charge on any atom is -0.492 e.